The largest absolute Gasteiger partial charge is 0.249 e. The molecule has 2 aromatic heterocycles. The Morgan fingerprint density at radius 3 is 2.58 bits per heavy atom. The normalized spacial score (nSPS) is 10.6. The minimum absolute atomic E-state index is 0.440. The van der Waals surface area contributed by atoms with Gasteiger partial charge in [-0.2, -0.15) is 0 Å². The van der Waals surface area contributed by atoms with Crippen LogP contribution in [0.2, 0.25) is 5.15 Å². The lowest BCUT2D eigenvalue weighted by Crippen LogP contribution is -1.91. The smallest absolute Gasteiger partial charge is 0.161 e. The Morgan fingerprint density at radius 2 is 1.89 bits per heavy atom. The standard InChI is InChI=1S/C14H10ClN3S/c1-9-16-8-12(19-9)11-7-13(15)18-14(17-11)10-5-3-2-4-6-10/h2-8H,1H3. The molecule has 0 fully saturated rings. The molecule has 0 amide bonds. The summed E-state index contributed by atoms with van der Waals surface area (Å²) in [4.78, 5) is 14.1. The van der Waals surface area contributed by atoms with Crippen LogP contribution in [-0.2, 0) is 0 Å². The Hall–Kier alpha value is -1.78. The highest BCUT2D eigenvalue weighted by Gasteiger charge is 2.09. The molecule has 0 spiro atoms. The van der Waals surface area contributed by atoms with Crippen molar-refractivity contribution < 1.29 is 0 Å². The number of benzene rings is 1. The van der Waals surface area contributed by atoms with Gasteiger partial charge in [-0.3, -0.25) is 0 Å². The maximum absolute atomic E-state index is 6.09. The molecule has 0 aliphatic carbocycles. The van der Waals surface area contributed by atoms with Crippen LogP contribution >= 0.6 is 22.9 Å². The number of hydrogen-bond acceptors (Lipinski definition) is 4. The van der Waals surface area contributed by atoms with Crippen LogP contribution in [0.15, 0.2) is 42.6 Å². The fourth-order valence-corrected chi connectivity index (χ4v) is 2.66. The number of thiazole rings is 1. The first kappa shape index (κ1) is 12.3. The van der Waals surface area contributed by atoms with Gasteiger partial charge < -0.3 is 0 Å². The van der Waals surface area contributed by atoms with Gasteiger partial charge in [-0.25, -0.2) is 15.0 Å². The molecule has 0 aliphatic heterocycles. The molecular formula is C14H10ClN3S. The van der Waals surface area contributed by atoms with Crippen molar-refractivity contribution in [1.29, 1.82) is 0 Å². The molecule has 5 heteroatoms. The summed E-state index contributed by atoms with van der Waals surface area (Å²) in [6, 6.07) is 11.6. The van der Waals surface area contributed by atoms with Gasteiger partial charge in [-0.05, 0) is 6.92 Å². The summed E-state index contributed by atoms with van der Waals surface area (Å²) in [5.41, 5.74) is 1.76. The van der Waals surface area contributed by atoms with Gasteiger partial charge in [-0.1, -0.05) is 41.9 Å². The van der Waals surface area contributed by atoms with E-state index in [9.17, 15) is 0 Å². The lowest BCUT2D eigenvalue weighted by molar-refractivity contribution is 1.18. The van der Waals surface area contributed by atoms with E-state index in [1.165, 1.54) is 0 Å². The molecular weight excluding hydrogens is 278 g/mol. The highest BCUT2D eigenvalue weighted by Crippen LogP contribution is 2.27. The van der Waals surface area contributed by atoms with E-state index in [-0.39, 0.29) is 0 Å². The average molecular weight is 288 g/mol. The van der Waals surface area contributed by atoms with Crippen molar-refractivity contribution in [3.8, 4) is 22.0 Å². The van der Waals surface area contributed by atoms with Crippen molar-refractivity contribution in [2.45, 2.75) is 6.92 Å². The second kappa shape index (κ2) is 5.07. The van der Waals surface area contributed by atoms with Crippen LogP contribution in [0, 0.1) is 6.92 Å². The Balaban J connectivity index is 2.11. The van der Waals surface area contributed by atoms with Gasteiger partial charge in [-0.15, -0.1) is 11.3 Å². The summed E-state index contributed by atoms with van der Waals surface area (Å²) in [7, 11) is 0. The van der Waals surface area contributed by atoms with Gasteiger partial charge in [0.05, 0.1) is 15.6 Å². The summed E-state index contributed by atoms with van der Waals surface area (Å²) in [5, 5.41) is 1.45. The number of aryl methyl sites for hydroxylation is 1. The molecule has 0 aliphatic rings. The predicted molar refractivity (Wildman–Crippen MR) is 78.3 cm³/mol. The minimum atomic E-state index is 0.440. The molecule has 19 heavy (non-hydrogen) atoms. The lowest BCUT2D eigenvalue weighted by Gasteiger charge is -2.03. The van der Waals surface area contributed by atoms with E-state index in [0.717, 1.165) is 21.1 Å². The van der Waals surface area contributed by atoms with Crippen molar-refractivity contribution in [3.63, 3.8) is 0 Å². The Morgan fingerprint density at radius 1 is 1.11 bits per heavy atom. The van der Waals surface area contributed by atoms with Gasteiger partial charge in [0.25, 0.3) is 0 Å². The second-order valence-electron chi connectivity index (χ2n) is 4.01. The monoisotopic (exact) mass is 287 g/mol. The van der Waals surface area contributed by atoms with E-state index in [0.29, 0.717) is 11.0 Å². The average Bonchev–Trinajstić information content (AvgIpc) is 2.86. The molecule has 2 heterocycles. The van der Waals surface area contributed by atoms with E-state index in [1.54, 1.807) is 17.4 Å². The van der Waals surface area contributed by atoms with Crippen molar-refractivity contribution in [2.24, 2.45) is 0 Å². The molecule has 3 aromatic rings. The third kappa shape index (κ3) is 2.64. The fourth-order valence-electron chi connectivity index (χ4n) is 1.74. The van der Waals surface area contributed by atoms with Crippen LogP contribution in [-0.4, -0.2) is 15.0 Å². The molecule has 1 aromatic carbocycles. The molecule has 94 valence electrons. The van der Waals surface area contributed by atoms with Crippen LogP contribution in [0.25, 0.3) is 22.0 Å². The number of hydrogen-bond donors (Lipinski definition) is 0. The van der Waals surface area contributed by atoms with E-state index < -0.39 is 0 Å². The second-order valence-corrected chi connectivity index (χ2v) is 5.63. The highest BCUT2D eigenvalue weighted by atomic mass is 35.5. The molecule has 0 radical (unpaired) electrons. The molecule has 0 unspecified atom stereocenters. The van der Waals surface area contributed by atoms with Crippen LogP contribution < -0.4 is 0 Å². The molecule has 0 atom stereocenters. The zero-order valence-corrected chi connectivity index (χ0v) is 11.7. The molecule has 0 saturated heterocycles. The van der Waals surface area contributed by atoms with Crippen molar-refractivity contribution in [3.05, 3.63) is 52.8 Å². The van der Waals surface area contributed by atoms with Crippen LogP contribution in [0.3, 0.4) is 0 Å². The van der Waals surface area contributed by atoms with E-state index in [2.05, 4.69) is 15.0 Å². The Bertz CT molecular complexity index is 710. The van der Waals surface area contributed by atoms with Gasteiger partial charge >= 0.3 is 0 Å². The van der Waals surface area contributed by atoms with Crippen LogP contribution in [0.5, 0.6) is 0 Å². The maximum atomic E-state index is 6.09. The van der Waals surface area contributed by atoms with Crippen LogP contribution in [0.4, 0.5) is 0 Å². The van der Waals surface area contributed by atoms with E-state index in [4.69, 9.17) is 11.6 Å². The SMILES string of the molecule is Cc1ncc(-c2cc(Cl)nc(-c3ccccc3)n2)s1. The first-order valence-corrected chi connectivity index (χ1v) is 6.94. The first-order chi connectivity index (χ1) is 9.22. The van der Waals surface area contributed by atoms with Crippen molar-refractivity contribution in [2.75, 3.05) is 0 Å². The van der Waals surface area contributed by atoms with Gasteiger partial charge in [0, 0.05) is 17.8 Å². The van der Waals surface area contributed by atoms with Gasteiger partial charge in [0.2, 0.25) is 0 Å². The van der Waals surface area contributed by atoms with E-state index >= 15 is 0 Å². The summed E-state index contributed by atoms with van der Waals surface area (Å²) in [6.07, 6.45) is 1.81. The van der Waals surface area contributed by atoms with Gasteiger partial charge in [0.15, 0.2) is 5.82 Å². The molecule has 0 saturated carbocycles. The Kier molecular flexibility index (Phi) is 3.27. The van der Waals surface area contributed by atoms with Crippen LogP contribution in [0.1, 0.15) is 5.01 Å². The molecule has 3 rings (SSSR count). The quantitative estimate of drug-likeness (QED) is 0.662. The molecule has 0 N–H and O–H groups in total. The van der Waals surface area contributed by atoms with E-state index in [1.807, 2.05) is 43.5 Å². The number of nitrogens with zero attached hydrogens (tertiary/aromatic N) is 3. The minimum Gasteiger partial charge on any atom is -0.249 e. The highest BCUT2D eigenvalue weighted by molar-refractivity contribution is 7.15. The van der Waals surface area contributed by atoms with Gasteiger partial charge in [0.1, 0.15) is 5.15 Å². The molecule has 3 nitrogen and oxygen atoms in total. The third-order valence-electron chi connectivity index (χ3n) is 2.60. The zero-order valence-electron chi connectivity index (χ0n) is 10.2. The lowest BCUT2D eigenvalue weighted by atomic mass is 10.2. The summed E-state index contributed by atoms with van der Waals surface area (Å²) >= 11 is 7.68. The number of halogens is 1. The van der Waals surface area contributed by atoms with Crippen molar-refractivity contribution in [1.82, 2.24) is 15.0 Å². The fraction of sp³-hybridized carbons (Fsp3) is 0.0714. The predicted octanol–water partition coefficient (Wildman–Crippen LogP) is 4.23. The maximum Gasteiger partial charge on any atom is 0.161 e. The van der Waals surface area contributed by atoms with Crippen molar-refractivity contribution >= 4 is 22.9 Å². The molecule has 0 bridgehead atoms. The number of rotatable bonds is 2. The summed E-state index contributed by atoms with van der Waals surface area (Å²) in [5.74, 6) is 0.633. The number of aromatic nitrogens is 3. The zero-order chi connectivity index (χ0) is 13.2. The summed E-state index contributed by atoms with van der Waals surface area (Å²) in [6.45, 7) is 1.97. The third-order valence-corrected chi connectivity index (χ3v) is 3.73. The topological polar surface area (TPSA) is 38.7 Å². The first-order valence-electron chi connectivity index (χ1n) is 5.75. The Labute approximate surface area is 120 Å². The summed E-state index contributed by atoms with van der Waals surface area (Å²) < 4.78 is 0.